The molecule has 2 N–H and O–H groups in total. The number of aryl methyl sites for hydroxylation is 1. The van der Waals surface area contributed by atoms with Gasteiger partial charge >= 0.3 is 11.9 Å². The van der Waals surface area contributed by atoms with E-state index in [2.05, 4.69) is 5.10 Å². The van der Waals surface area contributed by atoms with E-state index in [1.54, 1.807) is 20.8 Å². The number of aromatic nitrogens is 2. The first-order chi connectivity index (χ1) is 7.98. The fourth-order valence-electron chi connectivity index (χ4n) is 1.60. The van der Waals surface area contributed by atoms with Crippen molar-refractivity contribution in [1.82, 2.24) is 9.78 Å². The van der Waals surface area contributed by atoms with Gasteiger partial charge in [-0.3, -0.25) is 4.68 Å². The van der Waals surface area contributed by atoms with Crippen molar-refractivity contribution in [2.45, 2.75) is 38.2 Å². The monoisotopic (exact) mass is 262 g/mol. The lowest BCUT2D eigenvalue weighted by Crippen LogP contribution is -2.36. The van der Waals surface area contributed by atoms with E-state index in [-0.39, 0.29) is 11.3 Å². The molecule has 0 aliphatic heterocycles. The predicted molar refractivity (Wildman–Crippen MR) is 59.5 cm³/mol. The summed E-state index contributed by atoms with van der Waals surface area (Å²) in [5.74, 6) is -6.61. The molecule has 0 aliphatic carbocycles. The molecule has 0 bridgehead atoms. The molecular weight excluding hydrogens is 246 g/mol. The van der Waals surface area contributed by atoms with E-state index in [1.165, 1.54) is 17.9 Å². The Morgan fingerprint density at radius 1 is 1.44 bits per heavy atom. The molecular formula is C11H16F2N2O3. The van der Waals surface area contributed by atoms with Crippen LogP contribution in [0.2, 0.25) is 0 Å². The topological polar surface area (TPSA) is 75.4 Å². The molecule has 0 amide bonds. The molecule has 1 rings (SSSR count). The average Bonchev–Trinajstić information content (AvgIpc) is 2.58. The second kappa shape index (κ2) is 4.31. The third-order valence-electron chi connectivity index (χ3n) is 2.49. The van der Waals surface area contributed by atoms with Crippen molar-refractivity contribution in [3.8, 4) is 0 Å². The first-order valence-electron chi connectivity index (χ1n) is 5.31. The lowest BCUT2D eigenvalue weighted by molar-refractivity contribution is -0.183. The molecule has 102 valence electrons. The molecule has 0 saturated carbocycles. The van der Waals surface area contributed by atoms with E-state index in [0.717, 1.165) is 0 Å². The Morgan fingerprint density at radius 3 is 2.33 bits per heavy atom. The van der Waals surface area contributed by atoms with Gasteiger partial charge in [0, 0.05) is 24.2 Å². The van der Waals surface area contributed by atoms with Gasteiger partial charge in [-0.2, -0.15) is 13.9 Å². The number of halogens is 2. The van der Waals surface area contributed by atoms with Crippen LogP contribution in [0.1, 0.15) is 38.1 Å². The molecule has 0 saturated heterocycles. The van der Waals surface area contributed by atoms with E-state index in [0.29, 0.717) is 0 Å². The summed E-state index contributed by atoms with van der Waals surface area (Å²) in [5.41, 5.74) is -0.498. The van der Waals surface area contributed by atoms with Crippen LogP contribution in [0.15, 0.2) is 6.20 Å². The van der Waals surface area contributed by atoms with Crippen LogP contribution in [0, 0.1) is 0 Å². The number of hydrogen-bond acceptors (Lipinski definition) is 3. The fourth-order valence-corrected chi connectivity index (χ4v) is 1.60. The van der Waals surface area contributed by atoms with Gasteiger partial charge in [0.25, 0.3) is 0 Å². The summed E-state index contributed by atoms with van der Waals surface area (Å²) < 4.78 is 27.9. The Hall–Kier alpha value is -1.50. The number of nitrogens with zero attached hydrogens (tertiary/aromatic N) is 2. The second-order valence-electron chi connectivity index (χ2n) is 5.19. The van der Waals surface area contributed by atoms with Gasteiger partial charge in [0.1, 0.15) is 0 Å². The highest BCUT2D eigenvalue weighted by Crippen LogP contribution is 2.36. The van der Waals surface area contributed by atoms with Gasteiger partial charge in [-0.25, -0.2) is 4.79 Å². The molecule has 1 aromatic rings. The molecule has 7 heteroatoms. The third kappa shape index (κ3) is 2.50. The van der Waals surface area contributed by atoms with Crippen LogP contribution in [0.4, 0.5) is 8.78 Å². The Kier molecular flexibility index (Phi) is 3.49. The smallest absolute Gasteiger partial charge is 0.377 e. The van der Waals surface area contributed by atoms with Crippen molar-refractivity contribution in [3.63, 3.8) is 0 Å². The van der Waals surface area contributed by atoms with Gasteiger partial charge in [-0.1, -0.05) is 20.8 Å². The van der Waals surface area contributed by atoms with E-state index in [4.69, 9.17) is 5.11 Å². The SMILES string of the molecule is Cn1cc(C(O)C(F)(F)C(=O)O)c(C(C)(C)C)n1. The number of carboxylic acids is 1. The van der Waals surface area contributed by atoms with E-state index >= 15 is 0 Å². The molecule has 18 heavy (non-hydrogen) atoms. The number of aliphatic carboxylic acids is 1. The fraction of sp³-hybridized carbons (Fsp3) is 0.636. The quantitative estimate of drug-likeness (QED) is 0.865. The Labute approximate surface area is 103 Å². The van der Waals surface area contributed by atoms with Gasteiger partial charge < -0.3 is 10.2 Å². The average molecular weight is 262 g/mol. The number of carbonyl (C=O) groups is 1. The van der Waals surface area contributed by atoms with Gasteiger partial charge in [0.2, 0.25) is 0 Å². The maximum Gasteiger partial charge on any atom is 0.377 e. The lowest BCUT2D eigenvalue weighted by Gasteiger charge is -2.22. The molecule has 0 aromatic carbocycles. The van der Waals surface area contributed by atoms with E-state index < -0.39 is 23.4 Å². The van der Waals surface area contributed by atoms with Crippen molar-refractivity contribution in [3.05, 3.63) is 17.5 Å². The first kappa shape index (κ1) is 14.6. The molecule has 1 heterocycles. The third-order valence-corrected chi connectivity index (χ3v) is 2.49. The highest BCUT2D eigenvalue weighted by atomic mass is 19.3. The zero-order valence-electron chi connectivity index (χ0n) is 10.6. The number of rotatable bonds is 3. The van der Waals surface area contributed by atoms with Crippen molar-refractivity contribution < 1.29 is 23.8 Å². The molecule has 1 aromatic heterocycles. The van der Waals surface area contributed by atoms with Gasteiger partial charge in [-0.15, -0.1) is 0 Å². The van der Waals surface area contributed by atoms with Crippen LogP contribution in [0.25, 0.3) is 0 Å². The highest BCUT2D eigenvalue weighted by Gasteiger charge is 2.49. The number of hydrogen-bond donors (Lipinski definition) is 2. The summed E-state index contributed by atoms with van der Waals surface area (Å²) in [7, 11) is 1.52. The van der Waals surface area contributed by atoms with Crippen LogP contribution in [-0.2, 0) is 17.3 Å². The van der Waals surface area contributed by atoms with Crippen LogP contribution < -0.4 is 0 Å². The number of aliphatic hydroxyl groups is 1. The van der Waals surface area contributed by atoms with Crippen LogP contribution in [0.5, 0.6) is 0 Å². The van der Waals surface area contributed by atoms with Crippen LogP contribution in [0.3, 0.4) is 0 Å². The second-order valence-corrected chi connectivity index (χ2v) is 5.19. The minimum absolute atomic E-state index is 0.169. The Balaban J connectivity index is 3.30. The van der Waals surface area contributed by atoms with Crippen LogP contribution in [-0.4, -0.2) is 31.9 Å². The molecule has 1 atom stereocenters. The minimum Gasteiger partial charge on any atom is -0.477 e. The number of carboxylic acid groups (broad SMARTS) is 1. The van der Waals surface area contributed by atoms with Gasteiger partial charge in [0.05, 0.1) is 5.69 Å². The zero-order chi connectivity index (χ0) is 14.3. The molecule has 5 nitrogen and oxygen atoms in total. The Bertz CT molecular complexity index is 463. The summed E-state index contributed by atoms with van der Waals surface area (Å²) >= 11 is 0. The summed E-state index contributed by atoms with van der Waals surface area (Å²) in [6.45, 7) is 5.22. The largest absolute Gasteiger partial charge is 0.477 e. The minimum atomic E-state index is -4.25. The summed E-state index contributed by atoms with van der Waals surface area (Å²) in [5, 5.41) is 22.0. The van der Waals surface area contributed by atoms with Crippen molar-refractivity contribution in [1.29, 1.82) is 0 Å². The Morgan fingerprint density at radius 2 is 1.94 bits per heavy atom. The van der Waals surface area contributed by atoms with Crippen molar-refractivity contribution in [2.75, 3.05) is 0 Å². The highest BCUT2D eigenvalue weighted by molar-refractivity contribution is 5.76. The molecule has 1 unspecified atom stereocenters. The standard InChI is InChI=1S/C11H16F2N2O3/c1-10(2,3)7-6(5-15(4)14-7)8(16)11(12,13)9(17)18/h5,8,16H,1-4H3,(H,17,18). The van der Waals surface area contributed by atoms with E-state index in [9.17, 15) is 18.7 Å². The lowest BCUT2D eigenvalue weighted by atomic mass is 9.87. The molecule has 0 spiro atoms. The predicted octanol–water partition coefficient (Wildman–Crippen LogP) is 1.47. The molecule has 0 fully saturated rings. The van der Waals surface area contributed by atoms with Crippen molar-refractivity contribution in [2.24, 2.45) is 7.05 Å². The van der Waals surface area contributed by atoms with E-state index in [1.807, 2.05) is 0 Å². The summed E-state index contributed by atoms with van der Waals surface area (Å²) in [4.78, 5) is 10.5. The summed E-state index contributed by atoms with van der Waals surface area (Å²) in [6.07, 6.45) is -1.21. The maximum absolute atomic E-state index is 13.3. The first-order valence-corrected chi connectivity index (χ1v) is 5.31. The van der Waals surface area contributed by atoms with Crippen molar-refractivity contribution >= 4 is 5.97 Å². The normalized spacial score (nSPS) is 14.6. The van der Waals surface area contributed by atoms with Crippen LogP contribution >= 0.6 is 0 Å². The molecule has 0 radical (unpaired) electrons. The maximum atomic E-state index is 13.3. The zero-order valence-corrected chi connectivity index (χ0v) is 10.6. The molecule has 0 aliphatic rings. The van der Waals surface area contributed by atoms with Gasteiger partial charge in [0.15, 0.2) is 6.10 Å². The summed E-state index contributed by atoms with van der Waals surface area (Å²) in [6, 6.07) is 0. The number of aliphatic hydroxyl groups excluding tert-OH is 1. The van der Waals surface area contributed by atoms with Gasteiger partial charge in [-0.05, 0) is 0 Å². The number of alkyl halides is 2.